The molecule has 3 aliphatic carbocycles. The van der Waals surface area contributed by atoms with Gasteiger partial charge in [-0.15, -0.1) is 0 Å². The van der Waals surface area contributed by atoms with Crippen LogP contribution in [0.2, 0.25) is 0 Å². The summed E-state index contributed by atoms with van der Waals surface area (Å²) in [5, 5.41) is 0. The molecule has 0 amide bonds. The van der Waals surface area contributed by atoms with Crippen molar-refractivity contribution in [3.05, 3.63) is 0 Å². The Bertz CT molecular complexity index is 699. The molecule has 6 heteroatoms. The van der Waals surface area contributed by atoms with Crippen molar-refractivity contribution in [3.8, 4) is 0 Å². The lowest BCUT2D eigenvalue weighted by molar-refractivity contribution is -0.308. The zero-order valence-electron chi connectivity index (χ0n) is 22.7. The predicted octanol–water partition coefficient (Wildman–Crippen LogP) is 5.62. The maximum absolute atomic E-state index is 13.5. The average molecular weight is 481 g/mol. The lowest BCUT2D eigenvalue weighted by Crippen LogP contribution is -2.63. The molecule has 196 valence electrons. The van der Waals surface area contributed by atoms with E-state index in [1.807, 2.05) is 0 Å². The summed E-state index contributed by atoms with van der Waals surface area (Å²) in [6.07, 6.45) is 6.27. The quantitative estimate of drug-likeness (QED) is 0.332. The number of hydrogen-bond acceptors (Lipinski definition) is 6. The van der Waals surface area contributed by atoms with Crippen LogP contribution in [0.25, 0.3) is 0 Å². The molecule has 0 radical (unpaired) electrons. The van der Waals surface area contributed by atoms with Crippen LogP contribution in [0.3, 0.4) is 0 Å². The molecule has 0 aliphatic heterocycles. The molecule has 3 fully saturated rings. The monoisotopic (exact) mass is 480 g/mol. The standard InChI is InChI=1S/C28H48O6/c1-16(2)20-11-9-18(5)13-23(20)33-26(29)22-15-28(31-7,32-8)25(22)27(30)34-24-14-19(6)10-12-21(24)17(3)4/h16-25H,9-15H2,1-8H3. The molecule has 0 heterocycles. The molecule has 0 aromatic carbocycles. The molecule has 0 spiro atoms. The van der Waals surface area contributed by atoms with Crippen LogP contribution in [0.4, 0.5) is 0 Å². The highest BCUT2D eigenvalue weighted by Gasteiger charge is 2.64. The molecule has 0 bridgehead atoms. The minimum atomic E-state index is -1.13. The molecule has 34 heavy (non-hydrogen) atoms. The van der Waals surface area contributed by atoms with Crippen molar-refractivity contribution >= 4 is 11.9 Å². The molecule has 3 saturated carbocycles. The van der Waals surface area contributed by atoms with Gasteiger partial charge in [-0.3, -0.25) is 9.59 Å². The van der Waals surface area contributed by atoms with Crippen LogP contribution in [0.15, 0.2) is 0 Å². The first-order valence-corrected chi connectivity index (χ1v) is 13.5. The summed E-state index contributed by atoms with van der Waals surface area (Å²) in [4.78, 5) is 26.9. The van der Waals surface area contributed by atoms with E-state index in [1.165, 1.54) is 20.6 Å². The molecular weight excluding hydrogens is 432 g/mol. The lowest BCUT2D eigenvalue weighted by atomic mass is 9.67. The Hall–Kier alpha value is -1.14. The molecule has 8 atom stereocenters. The summed E-state index contributed by atoms with van der Waals surface area (Å²) in [6.45, 7) is 13.2. The number of hydrogen-bond donors (Lipinski definition) is 0. The Morgan fingerprint density at radius 1 is 0.735 bits per heavy atom. The van der Waals surface area contributed by atoms with Crippen molar-refractivity contribution in [3.63, 3.8) is 0 Å². The van der Waals surface area contributed by atoms with E-state index in [2.05, 4.69) is 41.5 Å². The third kappa shape index (κ3) is 5.64. The number of esters is 2. The lowest BCUT2D eigenvalue weighted by Gasteiger charge is -2.50. The van der Waals surface area contributed by atoms with E-state index in [9.17, 15) is 9.59 Å². The summed E-state index contributed by atoms with van der Waals surface area (Å²) in [5.41, 5.74) is 0. The van der Waals surface area contributed by atoms with Crippen LogP contribution < -0.4 is 0 Å². The van der Waals surface area contributed by atoms with Crippen molar-refractivity contribution in [2.45, 2.75) is 104 Å². The van der Waals surface area contributed by atoms with E-state index in [1.54, 1.807) is 0 Å². The zero-order chi connectivity index (χ0) is 25.2. The van der Waals surface area contributed by atoms with Gasteiger partial charge in [-0.05, 0) is 61.2 Å². The molecule has 3 aliphatic rings. The largest absolute Gasteiger partial charge is 0.462 e. The fourth-order valence-electron chi connectivity index (χ4n) is 6.72. The van der Waals surface area contributed by atoms with Gasteiger partial charge >= 0.3 is 11.9 Å². The van der Waals surface area contributed by atoms with E-state index in [0.29, 0.717) is 41.9 Å². The van der Waals surface area contributed by atoms with Crippen LogP contribution in [0.1, 0.15) is 86.5 Å². The van der Waals surface area contributed by atoms with Gasteiger partial charge in [-0.2, -0.15) is 0 Å². The van der Waals surface area contributed by atoms with Crippen LogP contribution in [0.5, 0.6) is 0 Å². The molecule has 0 aromatic heterocycles. The van der Waals surface area contributed by atoms with Gasteiger partial charge in [0.2, 0.25) is 0 Å². The van der Waals surface area contributed by atoms with Crippen LogP contribution in [-0.4, -0.2) is 44.2 Å². The third-order valence-electron chi connectivity index (χ3n) is 9.09. The Morgan fingerprint density at radius 3 is 1.59 bits per heavy atom. The number of ether oxygens (including phenoxy) is 4. The molecule has 0 aromatic rings. The Labute approximate surface area is 206 Å². The summed E-state index contributed by atoms with van der Waals surface area (Å²) in [7, 11) is 3.06. The number of carbonyl (C=O) groups excluding carboxylic acids is 2. The fourth-order valence-corrected chi connectivity index (χ4v) is 6.72. The van der Waals surface area contributed by atoms with Gasteiger partial charge in [-0.25, -0.2) is 0 Å². The normalized spacial score (nSPS) is 37.8. The topological polar surface area (TPSA) is 71.1 Å². The van der Waals surface area contributed by atoms with Gasteiger partial charge in [0.15, 0.2) is 5.79 Å². The van der Waals surface area contributed by atoms with E-state index in [-0.39, 0.29) is 24.1 Å². The smallest absolute Gasteiger partial charge is 0.315 e. The van der Waals surface area contributed by atoms with E-state index in [4.69, 9.17) is 18.9 Å². The van der Waals surface area contributed by atoms with Gasteiger partial charge in [-0.1, -0.05) is 54.4 Å². The first kappa shape index (κ1) is 27.4. The highest BCUT2D eigenvalue weighted by molar-refractivity contribution is 5.85. The van der Waals surface area contributed by atoms with Crippen molar-refractivity contribution in [2.75, 3.05) is 14.2 Å². The molecule has 3 rings (SSSR count). The minimum Gasteiger partial charge on any atom is -0.462 e. The summed E-state index contributed by atoms with van der Waals surface area (Å²) in [5.74, 6) is -0.613. The maximum atomic E-state index is 13.5. The second kappa shape index (κ2) is 11.3. The summed E-state index contributed by atoms with van der Waals surface area (Å²) < 4.78 is 23.6. The first-order valence-electron chi connectivity index (χ1n) is 13.5. The van der Waals surface area contributed by atoms with Gasteiger partial charge < -0.3 is 18.9 Å². The Morgan fingerprint density at radius 2 is 1.18 bits per heavy atom. The fraction of sp³-hybridized carbons (Fsp3) is 0.929. The van der Waals surface area contributed by atoms with Crippen LogP contribution in [0, 0.1) is 47.3 Å². The number of rotatable bonds is 8. The van der Waals surface area contributed by atoms with Gasteiger partial charge in [0.25, 0.3) is 0 Å². The molecule has 0 N–H and O–H groups in total. The van der Waals surface area contributed by atoms with E-state index in [0.717, 1.165) is 32.1 Å². The summed E-state index contributed by atoms with van der Waals surface area (Å²) in [6, 6.07) is 0. The van der Waals surface area contributed by atoms with Crippen LogP contribution >= 0.6 is 0 Å². The van der Waals surface area contributed by atoms with Crippen molar-refractivity contribution < 1.29 is 28.5 Å². The highest BCUT2D eigenvalue weighted by atomic mass is 16.7. The number of methoxy groups -OCH3 is 2. The van der Waals surface area contributed by atoms with Crippen LogP contribution in [-0.2, 0) is 28.5 Å². The third-order valence-corrected chi connectivity index (χ3v) is 9.09. The first-order chi connectivity index (χ1) is 16.0. The van der Waals surface area contributed by atoms with Crippen molar-refractivity contribution in [1.82, 2.24) is 0 Å². The highest BCUT2D eigenvalue weighted by Crippen LogP contribution is 2.50. The SMILES string of the molecule is COC1(OC)CC(C(=O)OC2CC(C)CCC2C(C)C)C1C(=O)OC1CC(C)CCC1C(C)C. The maximum Gasteiger partial charge on any atom is 0.315 e. The Balaban J connectivity index is 1.74. The van der Waals surface area contributed by atoms with Gasteiger partial charge in [0.1, 0.15) is 18.1 Å². The second-order valence-corrected chi connectivity index (χ2v) is 12.1. The molecule has 0 saturated heterocycles. The van der Waals surface area contributed by atoms with Gasteiger partial charge in [0, 0.05) is 20.6 Å². The molecule has 8 unspecified atom stereocenters. The molecular formula is C28H48O6. The predicted molar refractivity (Wildman–Crippen MR) is 131 cm³/mol. The average Bonchev–Trinajstić information content (AvgIpc) is 2.73. The number of carbonyl (C=O) groups is 2. The van der Waals surface area contributed by atoms with Crippen molar-refractivity contribution in [1.29, 1.82) is 0 Å². The van der Waals surface area contributed by atoms with Gasteiger partial charge in [0.05, 0.1) is 5.92 Å². The molecule has 6 nitrogen and oxygen atoms in total. The Kier molecular flexibility index (Phi) is 9.11. The van der Waals surface area contributed by atoms with E-state index < -0.39 is 17.6 Å². The second-order valence-electron chi connectivity index (χ2n) is 12.1. The zero-order valence-corrected chi connectivity index (χ0v) is 22.7. The van der Waals surface area contributed by atoms with Crippen molar-refractivity contribution in [2.24, 2.45) is 47.3 Å². The minimum absolute atomic E-state index is 0.0995. The summed E-state index contributed by atoms with van der Waals surface area (Å²) >= 11 is 0. The van der Waals surface area contributed by atoms with E-state index >= 15 is 0 Å².